The minimum atomic E-state index is 0.324. The van der Waals surface area contributed by atoms with Gasteiger partial charge in [-0.25, -0.2) is 0 Å². The quantitative estimate of drug-likeness (QED) is 0.618. The molecule has 0 aromatic heterocycles. The Morgan fingerprint density at radius 3 is 2.78 bits per heavy atom. The molecule has 0 aromatic carbocycles. The van der Waals surface area contributed by atoms with Gasteiger partial charge in [-0.3, -0.25) is 5.32 Å². The summed E-state index contributed by atoms with van der Waals surface area (Å²) in [7, 11) is 0. The van der Waals surface area contributed by atoms with Crippen LogP contribution in [-0.2, 0) is 4.74 Å². The van der Waals surface area contributed by atoms with Crippen LogP contribution in [0.4, 0.5) is 0 Å². The topological polar surface area (TPSA) is 21.3 Å². The van der Waals surface area contributed by atoms with Crippen LogP contribution in [0.15, 0.2) is 0 Å². The van der Waals surface area contributed by atoms with Crippen molar-refractivity contribution in [3.63, 3.8) is 0 Å². The molecule has 1 aliphatic heterocycles. The first-order valence-electron chi connectivity index (χ1n) is 3.53. The van der Waals surface area contributed by atoms with Gasteiger partial charge in [0.15, 0.2) is 0 Å². The summed E-state index contributed by atoms with van der Waals surface area (Å²) in [6.45, 7) is 5.16. The zero-order chi connectivity index (χ0) is 6.69. The Bertz CT molecular complexity index is 78.2. The van der Waals surface area contributed by atoms with Gasteiger partial charge in [0.05, 0.1) is 6.61 Å². The van der Waals surface area contributed by atoms with E-state index in [1.807, 2.05) is 0 Å². The van der Waals surface area contributed by atoms with E-state index in [2.05, 4.69) is 19.2 Å². The van der Waals surface area contributed by atoms with Gasteiger partial charge >= 0.3 is 0 Å². The highest BCUT2D eigenvalue weighted by molar-refractivity contribution is 4.82. The van der Waals surface area contributed by atoms with Gasteiger partial charge in [-0.2, -0.15) is 0 Å². The van der Waals surface area contributed by atoms with Crippen molar-refractivity contribution in [1.29, 1.82) is 0 Å². The van der Waals surface area contributed by atoms with Crippen LogP contribution in [-0.4, -0.2) is 12.8 Å². The molecular formula is C7H14NO. The van der Waals surface area contributed by atoms with Gasteiger partial charge in [-0.1, -0.05) is 6.92 Å². The van der Waals surface area contributed by atoms with Crippen LogP contribution < -0.4 is 5.32 Å². The molecule has 0 saturated carbocycles. The molecular weight excluding hydrogens is 114 g/mol. The van der Waals surface area contributed by atoms with E-state index in [-0.39, 0.29) is 0 Å². The summed E-state index contributed by atoms with van der Waals surface area (Å²) in [6, 6.07) is 1.32. The smallest absolute Gasteiger partial charge is 0.110 e. The van der Waals surface area contributed by atoms with E-state index < -0.39 is 0 Å². The molecule has 1 N–H and O–H groups in total. The zero-order valence-electron chi connectivity index (χ0n) is 6.11. The van der Waals surface area contributed by atoms with E-state index in [0.29, 0.717) is 6.23 Å². The molecule has 9 heavy (non-hydrogen) atoms. The van der Waals surface area contributed by atoms with E-state index in [9.17, 15) is 0 Å². The SMILES string of the molecule is CC[C](C)NC1CCO1. The lowest BCUT2D eigenvalue weighted by molar-refractivity contribution is -0.0691. The second kappa shape index (κ2) is 3.18. The Kier molecular flexibility index (Phi) is 2.49. The van der Waals surface area contributed by atoms with Crippen molar-refractivity contribution in [1.82, 2.24) is 5.32 Å². The van der Waals surface area contributed by atoms with Crippen molar-refractivity contribution in [3.05, 3.63) is 6.04 Å². The molecule has 0 aromatic rings. The number of ether oxygens (including phenoxy) is 1. The monoisotopic (exact) mass is 128 g/mol. The van der Waals surface area contributed by atoms with Crippen molar-refractivity contribution in [2.75, 3.05) is 6.61 Å². The van der Waals surface area contributed by atoms with Gasteiger partial charge in [0.2, 0.25) is 0 Å². The molecule has 1 unspecified atom stereocenters. The minimum Gasteiger partial charge on any atom is -0.363 e. The Labute approximate surface area is 56.6 Å². The number of nitrogens with one attached hydrogen (secondary N) is 1. The maximum absolute atomic E-state index is 5.17. The Morgan fingerprint density at radius 1 is 1.78 bits per heavy atom. The van der Waals surface area contributed by atoms with Gasteiger partial charge in [0, 0.05) is 12.5 Å². The lowest BCUT2D eigenvalue weighted by atomic mass is 10.2. The van der Waals surface area contributed by atoms with Crippen LogP contribution in [0, 0.1) is 6.04 Å². The van der Waals surface area contributed by atoms with Gasteiger partial charge in [-0.15, -0.1) is 0 Å². The molecule has 2 heteroatoms. The summed E-state index contributed by atoms with van der Waals surface area (Å²) in [6.07, 6.45) is 2.59. The standard InChI is InChI=1S/C7H14NO/c1-3-6(2)8-7-4-5-9-7/h7-8H,3-5H2,1-2H3. The molecule has 1 fully saturated rings. The molecule has 1 radical (unpaired) electrons. The largest absolute Gasteiger partial charge is 0.363 e. The van der Waals surface area contributed by atoms with E-state index in [4.69, 9.17) is 4.74 Å². The molecule has 0 bridgehead atoms. The maximum Gasteiger partial charge on any atom is 0.110 e. The van der Waals surface area contributed by atoms with E-state index in [1.54, 1.807) is 0 Å². The Morgan fingerprint density at radius 2 is 2.44 bits per heavy atom. The maximum atomic E-state index is 5.17. The molecule has 1 rings (SSSR count). The van der Waals surface area contributed by atoms with Crippen LogP contribution in [0.3, 0.4) is 0 Å². The number of hydrogen-bond donors (Lipinski definition) is 1. The van der Waals surface area contributed by atoms with E-state index >= 15 is 0 Å². The molecule has 0 aliphatic carbocycles. The highest BCUT2D eigenvalue weighted by Gasteiger charge is 2.18. The summed E-state index contributed by atoms with van der Waals surface area (Å²) >= 11 is 0. The van der Waals surface area contributed by atoms with Gasteiger partial charge < -0.3 is 4.74 Å². The van der Waals surface area contributed by atoms with Crippen LogP contribution in [0.2, 0.25) is 0 Å². The number of hydrogen-bond acceptors (Lipinski definition) is 2. The Balaban J connectivity index is 2.01. The third kappa shape index (κ3) is 1.95. The first kappa shape index (κ1) is 7.03. The van der Waals surface area contributed by atoms with Crippen LogP contribution in [0.1, 0.15) is 26.7 Å². The minimum absolute atomic E-state index is 0.324. The highest BCUT2D eigenvalue weighted by Crippen LogP contribution is 2.11. The number of rotatable bonds is 3. The van der Waals surface area contributed by atoms with Crippen molar-refractivity contribution in [2.45, 2.75) is 32.9 Å². The average molecular weight is 128 g/mol. The first-order chi connectivity index (χ1) is 4.33. The van der Waals surface area contributed by atoms with Gasteiger partial charge in [0.25, 0.3) is 0 Å². The molecule has 2 nitrogen and oxygen atoms in total. The van der Waals surface area contributed by atoms with Crippen molar-refractivity contribution >= 4 is 0 Å². The molecule has 1 saturated heterocycles. The summed E-state index contributed by atoms with van der Waals surface area (Å²) in [5.41, 5.74) is 0. The Hall–Kier alpha value is -0.0800. The van der Waals surface area contributed by atoms with Crippen LogP contribution >= 0.6 is 0 Å². The average Bonchev–Trinajstić information content (AvgIpc) is 1.78. The third-order valence-corrected chi connectivity index (χ3v) is 1.64. The normalized spacial score (nSPS) is 26.3. The zero-order valence-corrected chi connectivity index (χ0v) is 6.11. The summed E-state index contributed by atoms with van der Waals surface area (Å²) < 4.78 is 5.17. The third-order valence-electron chi connectivity index (χ3n) is 1.64. The lowest BCUT2D eigenvalue weighted by Crippen LogP contribution is -2.41. The molecule has 0 spiro atoms. The van der Waals surface area contributed by atoms with Crippen LogP contribution in [0.25, 0.3) is 0 Å². The predicted octanol–water partition coefficient (Wildman–Crippen LogP) is 1.28. The molecule has 0 amide bonds. The lowest BCUT2D eigenvalue weighted by Gasteiger charge is -2.29. The highest BCUT2D eigenvalue weighted by atomic mass is 16.5. The summed E-state index contributed by atoms with van der Waals surface area (Å²) in [5.74, 6) is 0. The molecule has 1 heterocycles. The second-order valence-corrected chi connectivity index (χ2v) is 2.43. The summed E-state index contributed by atoms with van der Waals surface area (Å²) in [5, 5.41) is 3.26. The van der Waals surface area contributed by atoms with E-state index in [1.165, 1.54) is 6.04 Å². The fourth-order valence-corrected chi connectivity index (χ4v) is 0.726. The van der Waals surface area contributed by atoms with E-state index in [0.717, 1.165) is 19.4 Å². The fraction of sp³-hybridized carbons (Fsp3) is 0.857. The first-order valence-corrected chi connectivity index (χ1v) is 3.53. The molecule has 53 valence electrons. The van der Waals surface area contributed by atoms with Gasteiger partial charge in [-0.05, 0) is 13.3 Å². The summed E-state index contributed by atoms with van der Waals surface area (Å²) in [4.78, 5) is 0. The van der Waals surface area contributed by atoms with Crippen LogP contribution in [0.5, 0.6) is 0 Å². The van der Waals surface area contributed by atoms with Crippen molar-refractivity contribution in [2.24, 2.45) is 0 Å². The second-order valence-electron chi connectivity index (χ2n) is 2.43. The van der Waals surface area contributed by atoms with Crippen molar-refractivity contribution < 1.29 is 4.74 Å². The fourth-order valence-electron chi connectivity index (χ4n) is 0.726. The van der Waals surface area contributed by atoms with Gasteiger partial charge in [0.1, 0.15) is 6.23 Å². The molecule has 1 atom stereocenters. The predicted molar refractivity (Wildman–Crippen MR) is 36.7 cm³/mol. The molecule has 1 aliphatic rings. The van der Waals surface area contributed by atoms with Crippen molar-refractivity contribution in [3.8, 4) is 0 Å².